The first-order valence-electron chi connectivity index (χ1n) is 11.9. The second-order valence-corrected chi connectivity index (χ2v) is 12.4. The van der Waals surface area contributed by atoms with Gasteiger partial charge in [-0.25, -0.2) is 8.97 Å². The Morgan fingerprint density at radius 1 is 1.14 bits per heavy atom. The van der Waals surface area contributed by atoms with Crippen molar-refractivity contribution >= 4 is 55.0 Å². The van der Waals surface area contributed by atoms with Gasteiger partial charge in [0, 0.05) is 21.5 Å². The zero-order valence-electron chi connectivity index (χ0n) is 20.2. The van der Waals surface area contributed by atoms with Crippen molar-refractivity contribution < 1.29 is 4.74 Å². The molecule has 0 aliphatic carbocycles. The third-order valence-corrected chi connectivity index (χ3v) is 9.38. The van der Waals surface area contributed by atoms with E-state index in [0.29, 0.717) is 18.3 Å². The van der Waals surface area contributed by atoms with Gasteiger partial charge < -0.3 is 4.74 Å². The van der Waals surface area contributed by atoms with Crippen LogP contribution >= 0.6 is 39.0 Å². The van der Waals surface area contributed by atoms with E-state index in [0.717, 1.165) is 53.7 Å². The number of thiophene rings is 1. The van der Waals surface area contributed by atoms with Crippen LogP contribution < -0.4 is 5.56 Å². The molecular weight excluding hydrogens is 556 g/mol. The number of fused-ring (bicyclic) bond motifs is 5. The van der Waals surface area contributed by atoms with Gasteiger partial charge in [0.1, 0.15) is 4.83 Å². The maximum Gasteiger partial charge on any atom is 0.268 e. The molecule has 36 heavy (non-hydrogen) atoms. The van der Waals surface area contributed by atoms with E-state index in [1.807, 2.05) is 43.3 Å². The minimum atomic E-state index is -0.0416. The lowest BCUT2D eigenvalue weighted by molar-refractivity contribution is 0.00200. The molecule has 184 valence electrons. The van der Waals surface area contributed by atoms with Crippen molar-refractivity contribution in [3.05, 3.63) is 84.9 Å². The zero-order valence-corrected chi connectivity index (χ0v) is 23.4. The van der Waals surface area contributed by atoms with E-state index in [2.05, 4.69) is 56.5 Å². The van der Waals surface area contributed by atoms with Crippen molar-refractivity contribution in [3.63, 3.8) is 0 Å². The molecule has 0 saturated carbocycles. The second kappa shape index (κ2) is 9.45. The Bertz CT molecular complexity index is 1640. The minimum absolute atomic E-state index is 0.0416. The molecule has 9 heteroatoms. The molecule has 0 bridgehead atoms. The van der Waals surface area contributed by atoms with Gasteiger partial charge in [0.2, 0.25) is 5.78 Å². The summed E-state index contributed by atoms with van der Waals surface area (Å²) in [7, 11) is 0. The van der Waals surface area contributed by atoms with Gasteiger partial charge in [0.05, 0.1) is 23.8 Å². The van der Waals surface area contributed by atoms with Gasteiger partial charge >= 0.3 is 0 Å². The lowest BCUT2D eigenvalue weighted by Gasteiger charge is -2.26. The number of thioether (sulfide) groups is 1. The molecule has 0 amide bonds. The van der Waals surface area contributed by atoms with Crippen molar-refractivity contribution in [1.82, 2.24) is 19.2 Å². The molecule has 6 rings (SSSR count). The summed E-state index contributed by atoms with van der Waals surface area (Å²) in [5, 5.41) is 10.6. The number of hydrogen-bond acceptors (Lipinski definition) is 6. The number of nitrogens with zero attached hydrogens (tertiary/aromatic N) is 4. The smallest absolute Gasteiger partial charge is 0.268 e. The van der Waals surface area contributed by atoms with E-state index in [-0.39, 0.29) is 11.7 Å². The average Bonchev–Trinajstić information content (AvgIpc) is 3.46. The number of rotatable bonds is 5. The number of aromatic nitrogens is 4. The van der Waals surface area contributed by atoms with E-state index < -0.39 is 0 Å². The highest BCUT2D eigenvalue weighted by molar-refractivity contribution is 9.10. The lowest BCUT2D eigenvalue weighted by Crippen LogP contribution is -2.28. The third kappa shape index (κ3) is 4.12. The van der Waals surface area contributed by atoms with Gasteiger partial charge in [-0.3, -0.25) is 4.79 Å². The molecule has 1 aliphatic rings. The summed E-state index contributed by atoms with van der Waals surface area (Å²) in [5.74, 6) is 1.67. The van der Waals surface area contributed by atoms with Crippen LogP contribution in [0, 0.1) is 12.8 Å². The summed E-state index contributed by atoms with van der Waals surface area (Å²) in [6, 6.07) is 16.3. The fourth-order valence-electron chi connectivity index (χ4n) is 4.62. The highest BCUT2D eigenvalue weighted by Gasteiger charge is 2.30. The summed E-state index contributed by atoms with van der Waals surface area (Å²) in [6.07, 6.45) is 0.843. The summed E-state index contributed by atoms with van der Waals surface area (Å²) in [5.41, 5.74) is 4.20. The summed E-state index contributed by atoms with van der Waals surface area (Å²) in [4.78, 5) is 16.1. The van der Waals surface area contributed by atoms with Gasteiger partial charge in [-0.05, 0) is 48.2 Å². The highest BCUT2D eigenvalue weighted by atomic mass is 79.9. The summed E-state index contributed by atoms with van der Waals surface area (Å²) < 4.78 is 11.0. The molecule has 4 heterocycles. The van der Waals surface area contributed by atoms with Crippen molar-refractivity contribution in [1.29, 1.82) is 0 Å². The van der Waals surface area contributed by atoms with Crippen molar-refractivity contribution in [2.24, 2.45) is 5.92 Å². The van der Waals surface area contributed by atoms with Crippen molar-refractivity contribution in [3.8, 4) is 5.69 Å². The molecule has 0 spiro atoms. The molecule has 2 aromatic carbocycles. The molecule has 0 fully saturated rings. The van der Waals surface area contributed by atoms with E-state index in [1.54, 1.807) is 27.7 Å². The first-order valence-corrected chi connectivity index (χ1v) is 14.5. The quantitative estimate of drug-likeness (QED) is 0.220. The molecule has 6 nitrogen and oxygen atoms in total. The molecule has 1 atom stereocenters. The number of hydrogen-bond donors (Lipinski definition) is 0. The Balaban J connectivity index is 1.57. The maximum atomic E-state index is 14.1. The van der Waals surface area contributed by atoms with Gasteiger partial charge in [-0.1, -0.05) is 71.4 Å². The van der Waals surface area contributed by atoms with E-state index in [4.69, 9.17) is 4.74 Å². The van der Waals surface area contributed by atoms with Crippen LogP contribution in [0.5, 0.6) is 0 Å². The monoisotopic (exact) mass is 580 g/mol. The molecule has 3 aromatic heterocycles. The minimum Gasteiger partial charge on any atom is -0.372 e. The zero-order chi connectivity index (χ0) is 25.0. The van der Waals surface area contributed by atoms with Crippen LogP contribution in [0.3, 0.4) is 0 Å². The number of ether oxygens (including phenoxy) is 1. The second-order valence-electron chi connectivity index (χ2n) is 9.49. The largest absolute Gasteiger partial charge is 0.372 e. The molecule has 1 aliphatic heterocycles. The first-order chi connectivity index (χ1) is 17.4. The average molecular weight is 582 g/mol. The van der Waals surface area contributed by atoms with Crippen LogP contribution in [-0.4, -0.2) is 25.3 Å². The van der Waals surface area contributed by atoms with Crippen LogP contribution in [0.15, 0.2) is 63.0 Å². The van der Waals surface area contributed by atoms with Crippen LogP contribution in [0.2, 0.25) is 0 Å². The molecule has 1 unspecified atom stereocenters. The Morgan fingerprint density at radius 3 is 2.61 bits per heavy atom. The SMILES string of the molecule is Cc1ccc(-n2c(=O)c3c4c(sc3n3c(SCc5ccc(Br)cc5)nnc23)COC(C(C)C)C4)cc1. The molecular formula is C27H25BrN4O2S2. The van der Waals surface area contributed by atoms with Crippen molar-refractivity contribution in [2.45, 2.75) is 50.8 Å². The maximum absolute atomic E-state index is 14.1. The van der Waals surface area contributed by atoms with Gasteiger partial charge in [0.15, 0.2) is 5.16 Å². The predicted octanol–water partition coefficient (Wildman–Crippen LogP) is 6.56. The van der Waals surface area contributed by atoms with Crippen LogP contribution in [0.1, 0.15) is 35.4 Å². The van der Waals surface area contributed by atoms with Gasteiger partial charge in [-0.2, -0.15) is 0 Å². The number of benzene rings is 2. The van der Waals surface area contributed by atoms with Crippen LogP contribution in [0.4, 0.5) is 0 Å². The molecule has 5 aromatic rings. The molecule has 0 saturated heterocycles. The van der Waals surface area contributed by atoms with Crippen LogP contribution in [-0.2, 0) is 23.5 Å². The topological polar surface area (TPSA) is 61.4 Å². The lowest BCUT2D eigenvalue weighted by atomic mass is 9.96. The van der Waals surface area contributed by atoms with E-state index in [1.165, 1.54) is 5.56 Å². The van der Waals surface area contributed by atoms with E-state index in [9.17, 15) is 4.79 Å². The Hall–Kier alpha value is -2.46. The summed E-state index contributed by atoms with van der Waals surface area (Å²) >= 11 is 6.76. The predicted molar refractivity (Wildman–Crippen MR) is 150 cm³/mol. The molecule has 0 N–H and O–H groups in total. The van der Waals surface area contributed by atoms with Crippen molar-refractivity contribution in [2.75, 3.05) is 0 Å². The van der Waals surface area contributed by atoms with Gasteiger partial charge in [-0.15, -0.1) is 21.5 Å². The van der Waals surface area contributed by atoms with E-state index >= 15 is 0 Å². The standard InChI is InChI=1S/C27H25BrN4O2S2/c1-15(2)21-12-20-22(13-34-21)36-25-23(20)24(33)31(19-10-4-16(3)5-11-19)26-29-30-27(32(25)26)35-14-17-6-8-18(28)9-7-17/h4-11,15,21H,12-14H2,1-3H3. The Labute approximate surface area is 225 Å². The highest BCUT2D eigenvalue weighted by Crippen LogP contribution is 2.38. The Kier molecular flexibility index (Phi) is 6.27. The van der Waals surface area contributed by atoms with Gasteiger partial charge in [0.25, 0.3) is 5.56 Å². The fourth-order valence-corrected chi connectivity index (χ4v) is 7.07. The molecule has 0 radical (unpaired) electrons. The number of aryl methyl sites for hydroxylation is 1. The summed E-state index contributed by atoms with van der Waals surface area (Å²) in [6.45, 7) is 6.92. The third-order valence-electron chi connectivity index (χ3n) is 6.66. The van der Waals surface area contributed by atoms with Crippen LogP contribution in [0.25, 0.3) is 21.7 Å². The number of halogens is 1. The normalized spacial score (nSPS) is 15.8. The first kappa shape index (κ1) is 23.9. The Morgan fingerprint density at radius 2 is 1.89 bits per heavy atom. The fraction of sp³-hybridized carbons (Fsp3) is 0.296.